The zero-order valence-electron chi connectivity index (χ0n) is 14.1. The number of carbonyl (C=O) groups excluding carboxylic acids is 1. The van der Waals surface area contributed by atoms with Gasteiger partial charge in [-0.15, -0.1) is 0 Å². The molecule has 0 bridgehead atoms. The first kappa shape index (κ1) is 19.8. The summed E-state index contributed by atoms with van der Waals surface area (Å²) in [6.07, 6.45) is -3.40. The van der Waals surface area contributed by atoms with Crippen molar-refractivity contribution in [2.45, 2.75) is 31.8 Å². The van der Waals surface area contributed by atoms with Crippen LogP contribution < -0.4 is 5.32 Å². The summed E-state index contributed by atoms with van der Waals surface area (Å²) in [4.78, 5) is 11.6. The Morgan fingerprint density at radius 2 is 1.85 bits per heavy atom. The van der Waals surface area contributed by atoms with Crippen molar-refractivity contribution < 1.29 is 29.2 Å². The van der Waals surface area contributed by atoms with Gasteiger partial charge in [-0.05, 0) is 12.0 Å². The lowest BCUT2D eigenvalue weighted by Crippen LogP contribution is -2.30. The van der Waals surface area contributed by atoms with Gasteiger partial charge in [0.2, 0.25) is 0 Å². The summed E-state index contributed by atoms with van der Waals surface area (Å²) in [5.41, 5.74) is 0.782. The van der Waals surface area contributed by atoms with Crippen LogP contribution >= 0.6 is 0 Å². The molecule has 2 unspecified atom stereocenters. The third-order valence-corrected chi connectivity index (χ3v) is 3.88. The second-order valence-electron chi connectivity index (χ2n) is 5.77. The number of aliphatic hydroxyl groups is 3. The number of hydrogen-bond donors (Lipinski definition) is 4. The second kappa shape index (κ2) is 9.86. The van der Waals surface area contributed by atoms with E-state index in [4.69, 9.17) is 9.84 Å². The first-order chi connectivity index (χ1) is 12.5. The van der Waals surface area contributed by atoms with Crippen LogP contribution in [0.3, 0.4) is 0 Å². The smallest absolute Gasteiger partial charge is 0.407 e. The number of hydrogen-bond acceptors (Lipinski definition) is 5. The monoisotopic (exact) mass is 363 g/mol. The van der Waals surface area contributed by atoms with Gasteiger partial charge < -0.3 is 25.4 Å². The summed E-state index contributed by atoms with van der Waals surface area (Å²) in [5, 5.41) is 31.6. The van der Waals surface area contributed by atoms with E-state index in [1.165, 1.54) is 18.2 Å². The molecule has 2 atom stereocenters. The first-order valence-corrected chi connectivity index (χ1v) is 8.21. The average Bonchev–Trinajstić information content (AvgIpc) is 2.66. The molecule has 0 saturated heterocycles. The van der Waals surface area contributed by atoms with Gasteiger partial charge in [0, 0.05) is 17.7 Å². The molecule has 2 rings (SSSR count). The summed E-state index contributed by atoms with van der Waals surface area (Å²) in [7, 11) is 0. The fourth-order valence-corrected chi connectivity index (χ4v) is 2.41. The summed E-state index contributed by atoms with van der Waals surface area (Å²) in [6.45, 7) is -0.332. The molecule has 0 spiro atoms. The number of rotatable bonds is 8. The van der Waals surface area contributed by atoms with Crippen molar-refractivity contribution in [1.29, 1.82) is 0 Å². The van der Waals surface area contributed by atoms with Crippen LogP contribution in [0.25, 0.3) is 0 Å². The van der Waals surface area contributed by atoms with Crippen molar-refractivity contribution in [3.63, 3.8) is 0 Å². The van der Waals surface area contributed by atoms with Crippen LogP contribution in [0.15, 0.2) is 48.5 Å². The van der Waals surface area contributed by atoms with E-state index in [1.54, 1.807) is 0 Å². The molecule has 7 heteroatoms. The van der Waals surface area contributed by atoms with Gasteiger partial charge in [0.05, 0.1) is 12.7 Å². The van der Waals surface area contributed by atoms with Crippen molar-refractivity contribution >= 4 is 6.09 Å². The van der Waals surface area contributed by atoms with Crippen LogP contribution in [-0.4, -0.2) is 34.1 Å². The lowest BCUT2D eigenvalue weighted by atomic mass is 9.99. The number of halogens is 1. The van der Waals surface area contributed by atoms with Crippen molar-refractivity contribution in [3.05, 3.63) is 71.0 Å². The third kappa shape index (κ3) is 5.52. The molecular formula is C19H22FNO5. The Morgan fingerprint density at radius 1 is 1.12 bits per heavy atom. The minimum atomic E-state index is -1.47. The van der Waals surface area contributed by atoms with E-state index in [0.29, 0.717) is 0 Å². The topological polar surface area (TPSA) is 99.0 Å². The van der Waals surface area contributed by atoms with Gasteiger partial charge in [-0.2, -0.15) is 0 Å². The Hall–Kier alpha value is -2.48. The Bertz CT molecular complexity index is 710. The normalized spacial score (nSPS) is 13.1. The minimum Gasteiger partial charge on any atom is -0.445 e. The Balaban J connectivity index is 1.77. The van der Waals surface area contributed by atoms with E-state index in [2.05, 4.69) is 5.32 Å². The highest BCUT2D eigenvalue weighted by Gasteiger charge is 2.22. The largest absolute Gasteiger partial charge is 0.445 e. The third-order valence-electron chi connectivity index (χ3n) is 3.88. The van der Waals surface area contributed by atoms with E-state index in [0.717, 1.165) is 5.56 Å². The average molecular weight is 363 g/mol. The van der Waals surface area contributed by atoms with E-state index in [9.17, 15) is 19.4 Å². The Labute approximate surface area is 150 Å². The van der Waals surface area contributed by atoms with E-state index in [-0.39, 0.29) is 30.7 Å². The molecule has 0 aromatic heterocycles. The molecule has 26 heavy (non-hydrogen) atoms. The lowest BCUT2D eigenvalue weighted by Gasteiger charge is -2.19. The minimum absolute atomic E-state index is 0.00436. The highest BCUT2D eigenvalue weighted by Crippen LogP contribution is 2.24. The molecule has 0 fully saturated rings. The predicted molar refractivity (Wildman–Crippen MR) is 92.5 cm³/mol. The number of aliphatic hydroxyl groups excluding tert-OH is 3. The SMILES string of the molecule is O=C(NCCC(O)C(O)c1cccc(CO)c1F)OCc1ccccc1. The second-order valence-corrected chi connectivity index (χ2v) is 5.77. The number of nitrogens with one attached hydrogen (secondary N) is 1. The van der Waals surface area contributed by atoms with Crippen LogP contribution in [-0.2, 0) is 18.0 Å². The van der Waals surface area contributed by atoms with Crippen molar-refractivity contribution in [1.82, 2.24) is 5.32 Å². The molecule has 4 N–H and O–H groups in total. The molecule has 0 radical (unpaired) electrons. The quantitative estimate of drug-likeness (QED) is 0.575. The molecule has 0 heterocycles. The lowest BCUT2D eigenvalue weighted by molar-refractivity contribution is 0.0114. The summed E-state index contributed by atoms with van der Waals surface area (Å²) in [5.74, 6) is -0.753. The molecule has 0 aliphatic rings. The van der Waals surface area contributed by atoms with Gasteiger partial charge in [0.15, 0.2) is 0 Å². The maximum Gasteiger partial charge on any atom is 0.407 e. The molecular weight excluding hydrogens is 341 g/mol. The van der Waals surface area contributed by atoms with Gasteiger partial charge in [0.1, 0.15) is 18.5 Å². The van der Waals surface area contributed by atoms with E-state index >= 15 is 0 Å². The van der Waals surface area contributed by atoms with Crippen molar-refractivity contribution in [2.75, 3.05) is 6.54 Å². The standard InChI is InChI=1S/C19H22FNO5/c20-17-14(11-22)7-4-8-15(17)18(24)16(23)9-10-21-19(25)26-12-13-5-2-1-3-6-13/h1-8,16,18,22-24H,9-12H2,(H,21,25). The number of amides is 1. The zero-order chi connectivity index (χ0) is 18.9. The molecule has 0 aliphatic heterocycles. The highest BCUT2D eigenvalue weighted by atomic mass is 19.1. The van der Waals surface area contributed by atoms with Crippen molar-refractivity contribution in [2.24, 2.45) is 0 Å². The Kier molecular flexibility index (Phi) is 7.53. The highest BCUT2D eigenvalue weighted by molar-refractivity contribution is 5.67. The molecule has 2 aromatic rings. The molecule has 0 aliphatic carbocycles. The zero-order valence-corrected chi connectivity index (χ0v) is 14.1. The fourth-order valence-electron chi connectivity index (χ4n) is 2.41. The Morgan fingerprint density at radius 3 is 2.54 bits per heavy atom. The van der Waals surface area contributed by atoms with Crippen LogP contribution in [0.4, 0.5) is 9.18 Å². The van der Waals surface area contributed by atoms with Gasteiger partial charge in [-0.1, -0.05) is 48.5 Å². The maximum atomic E-state index is 14.1. The predicted octanol–water partition coefficient (Wildman–Crippen LogP) is 2.03. The van der Waals surface area contributed by atoms with E-state index in [1.807, 2.05) is 30.3 Å². The van der Waals surface area contributed by atoms with Gasteiger partial charge in [-0.25, -0.2) is 9.18 Å². The summed E-state index contributed by atoms with van der Waals surface area (Å²) < 4.78 is 19.1. The van der Waals surface area contributed by atoms with Crippen LogP contribution in [0, 0.1) is 5.82 Å². The van der Waals surface area contributed by atoms with Gasteiger partial charge >= 0.3 is 6.09 Å². The maximum absolute atomic E-state index is 14.1. The first-order valence-electron chi connectivity index (χ1n) is 8.21. The van der Waals surface area contributed by atoms with E-state index < -0.39 is 30.7 Å². The number of ether oxygens (including phenoxy) is 1. The van der Waals surface area contributed by atoms with Gasteiger partial charge in [-0.3, -0.25) is 0 Å². The van der Waals surface area contributed by atoms with Crippen LogP contribution in [0.2, 0.25) is 0 Å². The number of alkyl carbamates (subject to hydrolysis) is 1. The number of benzene rings is 2. The summed E-state index contributed by atoms with van der Waals surface area (Å²) in [6, 6.07) is 13.4. The molecule has 6 nitrogen and oxygen atoms in total. The molecule has 1 amide bonds. The number of carbonyl (C=O) groups is 1. The van der Waals surface area contributed by atoms with Gasteiger partial charge in [0.25, 0.3) is 0 Å². The summed E-state index contributed by atoms with van der Waals surface area (Å²) >= 11 is 0. The molecule has 0 saturated carbocycles. The van der Waals surface area contributed by atoms with Crippen LogP contribution in [0.5, 0.6) is 0 Å². The van der Waals surface area contributed by atoms with Crippen LogP contribution in [0.1, 0.15) is 29.2 Å². The van der Waals surface area contributed by atoms with Crippen molar-refractivity contribution in [3.8, 4) is 0 Å². The fraction of sp³-hybridized carbons (Fsp3) is 0.316. The molecule has 2 aromatic carbocycles. The molecule has 140 valence electrons.